The van der Waals surface area contributed by atoms with E-state index < -0.39 is 11.9 Å². The molecule has 0 aliphatic carbocycles. The molecule has 0 spiro atoms. The summed E-state index contributed by atoms with van der Waals surface area (Å²) < 4.78 is 0. The van der Waals surface area contributed by atoms with E-state index in [0.717, 1.165) is 4.90 Å². The number of imide groups is 1. The van der Waals surface area contributed by atoms with Crippen LogP contribution in [0.2, 0.25) is 0 Å². The molecule has 1 saturated heterocycles. The van der Waals surface area contributed by atoms with Gasteiger partial charge in [0.2, 0.25) is 17.7 Å². The number of nitrogen functional groups attached to an aromatic ring is 1. The summed E-state index contributed by atoms with van der Waals surface area (Å²) in [5.74, 6) is -1.30. The molecule has 108 valence electrons. The van der Waals surface area contributed by atoms with Crippen LogP contribution in [-0.4, -0.2) is 34.5 Å². The summed E-state index contributed by atoms with van der Waals surface area (Å²) in [6, 6.07) is 4.32. The molecule has 0 saturated carbocycles. The number of nitrogens with one attached hydrogen (secondary N) is 2. The fraction of sp³-hybridized carbons (Fsp3) is 0.286. The number of amidine groups is 1. The quantitative estimate of drug-likeness (QED) is 0.489. The van der Waals surface area contributed by atoms with Gasteiger partial charge in [0, 0.05) is 17.7 Å². The van der Waals surface area contributed by atoms with E-state index in [9.17, 15) is 14.4 Å². The molecule has 2 aliphatic rings. The van der Waals surface area contributed by atoms with E-state index in [-0.39, 0.29) is 36.9 Å². The first kappa shape index (κ1) is 13.3. The maximum Gasteiger partial charge on any atom is 0.249 e. The number of rotatable bonds is 1. The highest BCUT2D eigenvalue weighted by Crippen LogP contribution is 2.28. The molecule has 7 heteroatoms. The van der Waals surface area contributed by atoms with Crippen LogP contribution in [0.1, 0.15) is 24.0 Å². The summed E-state index contributed by atoms with van der Waals surface area (Å²) >= 11 is 0. The first-order chi connectivity index (χ1) is 9.99. The topological polar surface area (TPSA) is 116 Å². The average molecular weight is 286 g/mol. The molecule has 0 radical (unpaired) electrons. The number of nitrogens with two attached hydrogens (primary N) is 1. The Morgan fingerprint density at radius 2 is 2.05 bits per heavy atom. The van der Waals surface area contributed by atoms with Gasteiger partial charge in [-0.2, -0.15) is 0 Å². The van der Waals surface area contributed by atoms with Crippen molar-refractivity contribution in [1.82, 2.24) is 10.2 Å². The molecule has 7 nitrogen and oxygen atoms in total. The minimum atomic E-state index is -0.824. The third-order valence-corrected chi connectivity index (χ3v) is 3.79. The van der Waals surface area contributed by atoms with Gasteiger partial charge in [0.15, 0.2) is 0 Å². The molecule has 0 bridgehead atoms. The Hall–Kier alpha value is -2.70. The SMILES string of the molecule is N=C1c2c(N)cccc2CC(=O)N1C1CCC(=O)NC1=O. The Morgan fingerprint density at radius 1 is 1.29 bits per heavy atom. The molecule has 1 aromatic carbocycles. The number of hydrogen-bond donors (Lipinski definition) is 3. The number of benzene rings is 1. The molecule has 3 rings (SSSR count). The van der Waals surface area contributed by atoms with Gasteiger partial charge in [0.05, 0.1) is 6.42 Å². The molecule has 4 N–H and O–H groups in total. The van der Waals surface area contributed by atoms with Crippen molar-refractivity contribution in [2.75, 3.05) is 5.73 Å². The number of carbonyl (C=O) groups excluding carboxylic acids is 3. The molecular weight excluding hydrogens is 272 g/mol. The first-order valence-corrected chi connectivity index (χ1v) is 6.61. The predicted octanol–water partition coefficient (Wildman–Crippen LogP) is -0.216. The average Bonchev–Trinajstić information content (AvgIpc) is 2.40. The van der Waals surface area contributed by atoms with Crippen LogP contribution in [0.3, 0.4) is 0 Å². The zero-order valence-electron chi connectivity index (χ0n) is 11.2. The number of carbonyl (C=O) groups is 3. The van der Waals surface area contributed by atoms with Crippen LogP contribution < -0.4 is 11.1 Å². The van der Waals surface area contributed by atoms with Crippen molar-refractivity contribution in [2.24, 2.45) is 0 Å². The van der Waals surface area contributed by atoms with Crippen LogP contribution >= 0.6 is 0 Å². The standard InChI is InChI=1S/C14H14N4O3/c15-8-3-1-2-7-6-11(20)18(13(16)12(7)8)9-4-5-10(19)17-14(9)21/h1-3,9,16H,4-6,15H2,(H,17,19,21). The van der Waals surface area contributed by atoms with E-state index in [4.69, 9.17) is 11.1 Å². The summed E-state index contributed by atoms with van der Waals surface area (Å²) in [5, 5.41) is 10.4. The number of hydrogen-bond acceptors (Lipinski definition) is 5. The summed E-state index contributed by atoms with van der Waals surface area (Å²) in [4.78, 5) is 36.6. The lowest BCUT2D eigenvalue weighted by atomic mass is 9.93. The van der Waals surface area contributed by atoms with E-state index in [1.54, 1.807) is 18.2 Å². The predicted molar refractivity (Wildman–Crippen MR) is 74.4 cm³/mol. The molecular formula is C14H14N4O3. The maximum atomic E-state index is 12.3. The fourth-order valence-electron chi connectivity index (χ4n) is 2.81. The van der Waals surface area contributed by atoms with E-state index in [1.165, 1.54) is 0 Å². The monoisotopic (exact) mass is 286 g/mol. The van der Waals surface area contributed by atoms with Gasteiger partial charge in [-0.25, -0.2) is 0 Å². The largest absolute Gasteiger partial charge is 0.398 e. The third-order valence-electron chi connectivity index (χ3n) is 3.79. The van der Waals surface area contributed by atoms with E-state index in [2.05, 4.69) is 5.32 Å². The number of fused-ring (bicyclic) bond motifs is 1. The van der Waals surface area contributed by atoms with Crippen LogP contribution in [0, 0.1) is 5.41 Å². The van der Waals surface area contributed by atoms with Crippen LogP contribution in [0.4, 0.5) is 5.69 Å². The smallest absolute Gasteiger partial charge is 0.249 e. The highest BCUT2D eigenvalue weighted by Gasteiger charge is 2.40. The summed E-state index contributed by atoms with van der Waals surface area (Å²) in [7, 11) is 0. The number of anilines is 1. The first-order valence-electron chi connectivity index (χ1n) is 6.61. The Kier molecular flexibility index (Phi) is 2.97. The number of amides is 3. The van der Waals surface area contributed by atoms with Crippen molar-refractivity contribution in [3.63, 3.8) is 0 Å². The Labute approximate surface area is 120 Å². The summed E-state index contributed by atoms with van der Waals surface area (Å²) in [6.07, 6.45) is 0.478. The fourth-order valence-corrected chi connectivity index (χ4v) is 2.81. The van der Waals surface area contributed by atoms with Crippen LogP contribution in [0.25, 0.3) is 0 Å². The highest BCUT2D eigenvalue weighted by atomic mass is 16.2. The zero-order valence-corrected chi connectivity index (χ0v) is 11.2. The van der Waals surface area contributed by atoms with Crippen molar-refractivity contribution < 1.29 is 14.4 Å². The Balaban J connectivity index is 1.99. The van der Waals surface area contributed by atoms with E-state index in [0.29, 0.717) is 16.8 Å². The molecule has 1 unspecified atom stereocenters. The Bertz CT molecular complexity index is 683. The molecule has 3 amide bonds. The normalized spacial score (nSPS) is 22.1. The molecule has 2 heterocycles. The molecule has 0 aromatic heterocycles. The van der Waals surface area contributed by atoms with Crippen LogP contribution in [0.5, 0.6) is 0 Å². The van der Waals surface area contributed by atoms with Gasteiger partial charge in [-0.3, -0.25) is 30.0 Å². The minimum absolute atomic E-state index is 0.0751. The lowest BCUT2D eigenvalue weighted by molar-refractivity contribution is -0.142. The summed E-state index contributed by atoms with van der Waals surface area (Å²) in [6.45, 7) is 0. The van der Waals surface area contributed by atoms with Gasteiger partial charge in [-0.05, 0) is 18.1 Å². The van der Waals surface area contributed by atoms with Gasteiger partial charge < -0.3 is 5.73 Å². The van der Waals surface area contributed by atoms with Crippen molar-refractivity contribution in [3.8, 4) is 0 Å². The van der Waals surface area contributed by atoms with Gasteiger partial charge in [0.1, 0.15) is 11.9 Å². The van der Waals surface area contributed by atoms with Gasteiger partial charge >= 0.3 is 0 Å². The number of nitrogens with zero attached hydrogens (tertiary/aromatic N) is 1. The highest BCUT2D eigenvalue weighted by molar-refractivity contribution is 6.16. The van der Waals surface area contributed by atoms with Crippen LogP contribution in [0.15, 0.2) is 18.2 Å². The van der Waals surface area contributed by atoms with Crippen molar-refractivity contribution in [1.29, 1.82) is 5.41 Å². The van der Waals surface area contributed by atoms with Crippen molar-refractivity contribution >= 4 is 29.2 Å². The minimum Gasteiger partial charge on any atom is -0.398 e. The van der Waals surface area contributed by atoms with Gasteiger partial charge in [0.25, 0.3) is 0 Å². The Morgan fingerprint density at radius 3 is 2.76 bits per heavy atom. The van der Waals surface area contributed by atoms with Gasteiger partial charge in [-0.1, -0.05) is 12.1 Å². The zero-order chi connectivity index (χ0) is 15.1. The lowest BCUT2D eigenvalue weighted by Gasteiger charge is -2.36. The van der Waals surface area contributed by atoms with E-state index >= 15 is 0 Å². The van der Waals surface area contributed by atoms with Gasteiger partial charge in [-0.15, -0.1) is 0 Å². The third kappa shape index (κ3) is 2.06. The second-order valence-corrected chi connectivity index (χ2v) is 5.14. The second-order valence-electron chi connectivity index (χ2n) is 5.14. The van der Waals surface area contributed by atoms with E-state index in [1.807, 2.05) is 0 Å². The molecule has 21 heavy (non-hydrogen) atoms. The summed E-state index contributed by atoms with van der Waals surface area (Å²) in [5.41, 5.74) is 7.47. The molecule has 1 aromatic rings. The molecule has 2 aliphatic heterocycles. The van der Waals surface area contributed by atoms with Crippen molar-refractivity contribution in [2.45, 2.75) is 25.3 Å². The second kappa shape index (κ2) is 4.69. The number of piperidine rings is 1. The maximum absolute atomic E-state index is 12.3. The lowest BCUT2D eigenvalue weighted by Crippen LogP contribution is -2.58. The van der Waals surface area contributed by atoms with Crippen LogP contribution in [-0.2, 0) is 20.8 Å². The molecule has 1 atom stereocenters. The molecule has 1 fully saturated rings. The van der Waals surface area contributed by atoms with Crippen molar-refractivity contribution in [3.05, 3.63) is 29.3 Å².